The third-order valence-electron chi connectivity index (χ3n) is 3.53. The second-order valence-electron chi connectivity index (χ2n) is 4.63. The number of fused-ring (bicyclic) bond motifs is 3. The molecule has 0 aromatic carbocycles. The molecule has 1 amide bonds. The maximum atomic E-state index is 12.3. The molecule has 18 heavy (non-hydrogen) atoms. The van der Waals surface area contributed by atoms with Gasteiger partial charge < -0.3 is 10.6 Å². The Morgan fingerprint density at radius 1 is 1.28 bits per heavy atom. The molecular weight excluding hydrogens is 264 g/mol. The highest BCUT2D eigenvalue weighted by Gasteiger charge is 2.32. The second kappa shape index (κ2) is 3.83. The standard InChI is InChI=1S/C13H12N2OS2/c16-12-10-7-3-1-4-8(7)18-13(10)15-11(14-12)9-5-2-6-17-9/h2,5-6,11,15H,1,3-4H2,(H,14,16)/t11-/m1/s1. The van der Waals surface area contributed by atoms with E-state index in [9.17, 15) is 4.79 Å². The molecule has 3 heterocycles. The molecule has 0 bridgehead atoms. The lowest BCUT2D eigenvalue weighted by molar-refractivity contribution is 0.0936. The SMILES string of the molecule is O=C1N[C@@H](c2cccs2)Nc2sc3c(c21)CCC3. The van der Waals surface area contributed by atoms with E-state index in [0.717, 1.165) is 28.3 Å². The first-order valence-electron chi connectivity index (χ1n) is 6.08. The first-order valence-corrected chi connectivity index (χ1v) is 7.78. The molecule has 1 aliphatic heterocycles. The molecule has 0 saturated heterocycles. The van der Waals surface area contributed by atoms with Gasteiger partial charge in [0.1, 0.15) is 11.2 Å². The Kier molecular flexibility index (Phi) is 2.25. The van der Waals surface area contributed by atoms with E-state index < -0.39 is 0 Å². The number of hydrogen-bond donors (Lipinski definition) is 2. The Bertz CT molecular complexity index is 615. The van der Waals surface area contributed by atoms with E-state index in [1.165, 1.54) is 16.9 Å². The molecule has 3 nitrogen and oxygen atoms in total. The quantitative estimate of drug-likeness (QED) is 0.840. The molecule has 92 valence electrons. The van der Waals surface area contributed by atoms with Gasteiger partial charge in [0.15, 0.2) is 0 Å². The molecule has 1 aliphatic carbocycles. The van der Waals surface area contributed by atoms with Crippen LogP contribution in [0.5, 0.6) is 0 Å². The summed E-state index contributed by atoms with van der Waals surface area (Å²) in [6.45, 7) is 0. The largest absolute Gasteiger partial charge is 0.352 e. The van der Waals surface area contributed by atoms with Crippen molar-refractivity contribution >= 4 is 33.6 Å². The molecule has 2 N–H and O–H groups in total. The summed E-state index contributed by atoms with van der Waals surface area (Å²) >= 11 is 3.43. The average Bonchev–Trinajstić information content (AvgIpc) is 3.04. The highest BCUT2D eigenvalue weighted by molar-refractivity contribution is 7.17. The number of hydrogen-bond acceptors (Lipinski definition) is 4. The first-order chi connectivity index (χ1) is 8.83. The molecule has 0 spiro atoms. The van der Waals surface area contributed by atoms with Crippen molar-refractivity contribution < 1.29 is 4.79 Å². The third kappa shape index (κ3) is 1.44. The summed E-state index contributed by atoms with van der Waals surface area (Å²) in [7, 11) is 0. The van der Waals surface area contributed by atoms with Gasteiger partial charge in [-0.1, -0.05) is 6.07 Å². The second-order valence-corrected chi connectivity index (χ2v) is 6.71. The number of anilines is 1. The van der Waals surface area contributed by atoms with Gasteiger partial charge in [-0.05, 0) is 36.3 Å². The van der Waals surface area contributed by atoms with E-state index >= 15 is 0 Å². The van der Waals surface area contributed by atoms with Crippen LogP contribution in [0.15, 0.2) is 17.5 Å². The van der Waals surface area contributed by atoms with Gasteiger partial charge in [-0.25, -0.2) is 0 Å². The molecule has 0 unspecified atom stereocenters. The van der Waals surface area contributed by atoms with Crippen molar-refractivity contribution in [3.05, 3.63) is 38.4 Å². The number of carbonyl (C=O) groups is 1. The van der Waals surface area contributed by atoms with Crippen LogP contribution >= 0.6 is 22.7 Å². The molecule has 0 radical (unpaired) electrons. The fourth-order valence-corrected chi connectivity index (χ4v) is 4.75. The van der Waals surface area contributed by atoms with Gasteiger partial charge in [0.05, 0.1) is 5.56 Å². The van der Waals surface area contributed by atoms with Crippen molar-refractivity contribution in [3.63, 3.8) is 0 Å². The number of carbonyl (C=O) groups excluding carboxylic acids is 1. The Morgan fingerprint density at radius 2 is 2.22 bits per heavy atom. The lowest BCUT2D eigenvalue weighted by atomic mass is 10.1. The topological polar surface area (TPSA) is 41.1 Å². The van der Waals surface area contributed by atoms with Crippen molar-refractivity contribution in [1.29, 1.82) is 0 Å². The van der Waals surface area contributed by atoms with Gasteiger partial charge in [0, 0.05) is 9.75 Å². The van der Waals surface area contributed by atoms with Crippen molar-refractivity contribution in [1.82, 2.24) is 5.32 Å². The minimum Gasteiger partial charge on any atom is -0.352 e. The van der Waals surface area contributed by atoms with Gasteiger partial charge >= 0.3 is 0 Å². The Morgan fingerprint density at radius 3 is 3.06 bits per heavy atom. The van der Waals surface area contributed by atoms with Gasteiger partial charge in [-0.15, -0.1) is 22.7 Å². The molecule has 2 aromatic heterocycles. The maximum absolute atomic E-state index is 12.3. The van der Waals surface area contributed by atoms with Crippen molar-refractivity contribution in [2.45, 2.75) is 25.4 Å². The van der Waals surface area contributed by atoms with Crippen LogP contribution in [0, 0.1) is 0 Å². The summed E-state index contributed by atoms with van der Waals surface area (Å²) < 4.78 is 0. The average molecular weight is 276 g/mol. The Hall–Kier alpha value is -1.33. The highest BCUT2D eigenvalue weighted by Crippen LogP contribution is 2.42. The maximum Gasteiger partial charge on any atom is 0.256 e. The molecule has 4 rings (SSSR count). The van der Waals surface area contributed by atoms with Crippen molar-refractivity contribution in [2.24, 2.45) is 0 Å². The lowest BCUT2D eigenvalue weighted by Gasteiger charge is -2.25. The van der Waals surface area contributed by atoms with Gasteiger partial charge in [0.25, 0.3) is 5.91 Å². The molecule has 1 atom stereocenters. The zero-order valence-electron chi connectivity index (χ0n) is 9.66. The molecular formula is C13H12N2OS2. The number of nitrogens with one attached hydrogen (secondary N) is 2. The number of aryl methyl sites for hydroxylation is 1. The molecule has 2 aliphatic rings. The van der Waals surface area contributed by atoms with Gasteiger partial charge in [0.2, 0.25) is 0 Å². The summed E-state index contributed by atoms with van der Waals surface area (Å²) in [6.07, 6.45) is 3.31. The van der Waals surface area contributed by atoms with Crippen LogP contribution in [0.4, 0.5) is 5.00 Å². The van der Waals surface area contributed by atoms with E-state index in [2.05, 4.69) is 16.7 Å². The van der Waals surface area contributed by atoms with Crippen LogP contribution in [0.25, 0.3) is 0 Å². The summed E-state index contributed by atoms with van der Waals surface area (Å²) in [6, 6.07) is 4.06. The Balaban J connectivity index is 1.76. The van der Waals surface area contributed by atoms with E-state index in [4.69, 9.17) is 0 Å². The minimum absolute atomic E-state index is 0.0659. The number of thiophene rings is 2. The molecule has 2 aromatic rings. The van der Waals surface area contributed by atoms with Crippen LogP contribution in [0.2, 0.25) is 0 Å². The van der Waals surface area contributed by atoms with Crippen molar-refractivity contribution in [3.8, 4) is 0 Å². The smallest absolute Gasteiger partial charge is 0.256 e. The monoisotopic (exact) mass is 276 g/mol. The van der Waals surface area contributed by atoms with Crippen LogP contribution in [0.1, 0.15) is 38.3 Å². The van der Waals surface area contributed by atoms with Crippen LogP contribution < -0.4 is 10.6 Å². The van der Waals surface area contributed by atoms with Gasteiger partial charge in [-0.2, -0.15) is 0 Å². The third-order valence-corrected chi connectivity index (χ3v) is 5.69. The zero-order chi connectivity index (χ0) is 12.1. The van der Waals surface area contributed by atoms with E-state index in [1.807, 2.05) is 11.4 Å². The first kappa shape index (κ1) is 10.6. The fourth-order valence-electron chi connectivity index (χ4n) is 2.71. The van der Waals surface area contributed by atoms with Gasteiger partial charge in [-0.3, -0.25) is 4.79 Å². The minimum atomic E-state index is -0.0659. The van der Waals surface area contributed by atoms with E-state index in [-0.39, 0.29) is 12.1 Å². The number of amides is 1. The summed E-state index contributed by atoms with van der Waals surface area (Å²) in [5, 5.41) is 9.61. The van der Waals surface area contributed by atoms with Crippen molar-refractivity contribution in [2.75, 3.05) is 5.32 Å². The Labute approximate surface area is 113 Å². The van der Waals surface area contributed by atoms with E-state index in [0.29, 0.717) is 0 Å². The highest BCUT2D eigenvalue weighted by atomic mass is 32.1. The zero-order valence-corrected chi connectivity index (χ0v) is 11.3. The van der Waals surface area contributed by atoms with Crippen LogP contribution in [-0.4, -0.2) is 5.91 Å². The van der Waals surface area contributed by atoms with Crippen LogP contribution in [-0.2, 0) is 12.8 Å². The fraction of sp³-hybridized carbons (Fsp3) is 0.308. The molecule has 0 saturated carbocycles. The summed E-state index contributed by atoms with van der Waals surface area (Å²) in [5.41, 5.74) is 2.19. The molecule has 5 heteroatoms. The molecule has 0 fully saturated rings. The normalized spacial score (nSPS) is 21.1. The summed E-state index contributed by atoms with van der Waals surface area (Å²) in [5.74, 6) is 0.0848. The van der Waals surface area contributed by atoms with Crippen LogP contribution in [0.3, 0.4) is 0 Å². The summed E-state index contributed by atoms with van der Waals surface area (Å²) in [4.78, 5) is 14.8. The predicted octanol–water partition coefficient (Wildman–Crippen LogP) is 3.15. The number of rotatable bonds is 1. The lowest BCUT2D eigenvalue weighted by Crippen LogP contribution is -2.37. The van der Waals surface area contributed by atoms with E-state index in [1.54, 1.807) is 22.7 Å². The predicted molar refractivity (Wildman–Crippen MR) is 74.5 cm³/mol.